The first-order valence-corrected chi connectivity index (χ1v) is 9.26. The summed E-state index contributed by atoms with van der Waals surface area (Å²) >= 11 is 0. The van der Waals surface area contributed by atoms with Crippen molar-refractivity contribution in [3.63, 3.8) is 0 Å². The van der Waals surface area contributed by atoms with Gasteiger partial charge in [-0.25, -0.2) is 0 Å². The van der Waals surface area contributed by atoms with E-state index < -0.39 is 18.0 Å². The molecule has 2 aromatic carbocycles. The van der Waals surface area contributed by atoms with Gasteiger partial charge in [0.25, 0.3) is 0 Å². The molecule has 1 atom stereocenters. The number of pyridine rings is 1. The van der Waals surface area contributed by atoms with Crippen LogP contribution in [0.4, 0.5) is 24.5 Å². The molecular formula is C22H20F3N3O. The van der Waals surface area contributed by atoms with Gasteiger partial charge in [0, 0.05) is 24.0 Å². The number of rotatable bonds is 4. The number of nitrogens with zero attached hydrogens (tertiary/aromatic N) is 2. The molecule has 4 nitrogen and oxygen atoms in total. The van der Waals surface area contributed by atoms with Crippen molar-refractivity contribution >= 4 is 11.4 Å². The Morgan fingerprint density at radius 2 is 1.86 bits per heavy atom. The first-order chi connectivity index (χ1) is 13.8. The third-order valence-corrected chi connectivity index (χ3v) is 5.14. The van der Waals surface area contributed by atoms with Crippen molar-refractivity contribution in [2.75, 3.05) is 11.4 Å². The van der Waals surface area contributed by atoms with E-state index in [1.807, 2.05) is 24.3 Å². The molecule has 3 N–H and O–H groups in total. The fourth-order valence-electron chi connectivity index (χ4n) is 3.82. The van der Waals surface area contributed by atoms with Crippen molar-refractivity contribution in [1.82, 2.24) is 4.98 Å². The van der Waals surface area contributed by atoms with E-state index in [1.165, 1.54) is 12.1 Å². The Morgan fingerprint density at radius 3 is 2.62 bits per heavy atom. The van der Waals surface area contributed by atoms with Crippen molar-refractivity contribution < 1.29 is 18.3 Å². The van der Waals surface area contributed by atoms with Gasteiger partial charge in [0.05, 0.1) is 17.4 Å². The highest BCUT2D eigenvalue weighted by Gasteiger charge is 2.30. The molecule has 1 aliphatic rings. The van der Waals surface area contributed by atoms with E-state index in [0.29, 0.717) is 24.1 Å². The molecule has 0 aliphatic carbocycles. The minimum absolute atomic E-state index is 0.354. The van der Waals surface area contributed by atoms with E-state index in [-0.39, 0.29) is 0 Å². The zero-order valence-electron chi connectivity index (χ0n) is 15.5. The highest BCUT2D eigenvalue weighted by Crippen LogP contribution is 2.37. The van der Waals surface area contributed by atoms with Crippen LogP contribution in [0.5, 0.6) is 0 Å². The van der Waals surface area contributed by atoms with Crippen molar-refractivity contribution in [1.29, 1.82) is 0 Å². The number of alkyl halides is 3. The molecule has 0 saturated heterocycles. The number of hydrogen-bond acceptors (Lipinski definition) is 4. The molecule has 4 rings (SSSR count). The summed E-state index contributed by atoms with van der Waals surface area (Å²) in [5.74, 6) is 0. The maximum atomic E-state index is 13.0. The molecule has 1 aliphatic heterocycles. The zero-order valence-corrected chi connectivity index (χ0v) is 15.5. The molecule has 150 valence electrons. The second-order valence-corrected chi connectivity index (χ2v) is 7.12. The van der Waals surface area contributed by atoms with Crippen LogP contribution in [0, 0.1) is 0 Å². The number of halogens is 3. The summed E-state index contributed by atoms with van der Waals surface area (Å²) in [7, 11) is 0. The number of aliphatic hydroxyl groups is 1. The van der Waals surface area contributed by atoms with Crippen molar-refractivity contribution in [3.05, 3.63) is 88.7 Å². The van der Waals surface area contributed by atoms with Crippen LogP contribution in [-0.2, 0) is 19.0 Å². The minimum Gasteiger partial charge on any atom is -0.375 e. The minimum atomic E-state index is -4.36. The summed E-state index contributed by atoms with van der Waals surface area (Å²) in [5.41, 5.74) is 9.95. The van der Waals surface area contributed by atoms with Gasteiger partial charge in [-0.05, 0) is 47.7 Å². The highest BCUT2D eigenvalue weighted by atomic mass is 19.4. The van der Waals surface area contributed by atoms with Gasteiger partial charge < -0.3 is 15.7 Å². The van der Waals surface area contributed by atoms with Gasteiger partial charge in [-0.1, -0.05) is 30.3 Å². The second-order valence-electron chi connectivity index (χ2n) is 7.12. The van der Waals surface area contributed by atoms with Gasteiger partial charge >= 0.3 is 6.18 Å². The lowest BCUT2D eigenvalue weighted by Gasteiger charge is -2.20. The Bertz CT molecular complexity index is 1030. The number of nitrogens with two attached hydrogens (primary N) is 1. The van der Waals surface area contributed by atoms with Crippen LogP contribution in [0.2, 0.25) is 0 Å². The summed E-state index contributed by atoms with van der Waals surface area (Å²) in [6.45, 7) is 0.716. The number of hydrogen-bond donors (Lipinski definition) is 2. The van der Waals surface area contributed by atoms with Crippen LogP contribution in [0.1, 0.15) is 34.0 Å². The number of anilines is 2. The first kappa shape index (κ1) is 19.4. The van der Waals surface area contributed by atoms with Gasteiger partial charge in [-0.3, -0.25) is 4.98 Å². The summed E-state index contributed by atoms with van der Waals surface area (Å²) < 4.78 is 38.9. The molecule has 0 bridgehead atoms. The average molecular weight is 399 g/mol. The monoisotopic (exact) mass is 399 g/mol. The molecule has 0 radical (unpaired) electrons. The molecule has 3 aromatic rings. The quantitative estimate of drug-likeness (QED) is 0.641. The van der Waals surface area contributed by atoms with Crippen molar-refractivity contribution in [2.45, 2.75) is 25.2 Å². The van der Waals surface area contributed by atoms with Gasteiger partial charge in [-0.15, -0.1) is 0 Å². The predicted octanol–water partition coefficient (Wildman–Crippen LogP) is 4.34. The van der Waals surface area contributed by atoms with E-state index in [0.717, 1.165) is 35.0 Å². The maximum Gasteiger partial charge on any atom is 0.416 e. The van der Waals surface area contributed by atoms with E-state index in [9.17, 15) is 18.3 Å². The van der Waals surface area contributed by atoms with E-state index in [4.69, 9.17) is 5.73 Å². The van der Waals surface area contributed by atoms with Gasteiger partial charge in [0.2, 0.25) is 0 Å². The number of aliphatic hydroxyl groups excluding tert-OH is 1. The van der Waals surface area contributed by atoms with Gasteiger partial charge in [0.15, 0.2) is 0 Å². The Morgan fingerprint density at radius 1 is 1.07 bits per heavy atom. The summed E-state index contributed by atoms with van der Waals surface area (Å²) in [5, 5.41) is 9.80. The Kier molecular flexibility index (Phi) is 5.02. The van der Waals surface area contributed by atoms with E-state index in [2.05, 4.69) is 9.88 Å². The molecule has 1 aromatic heterocycles. The second kappa shape index (κ2) is 7.50. The van der Waals surface area contributed by atoms with Crippen LogP contribution < -0.4 is 10.6 Å². The first-order valence-electron chi connectivity index (χ1n) is 9.26. The van der Waals surface area contributed by atoms with Crippen LogP contribution in [0.15, 0.2) is 60.9 Å². The van der Waals surface area contributed by atoms with Gasteiger partial charge in [0.1, 0.15) is 6.23 Å². The predicted molar refractivity (Wildman–Crippen MR) is 105 cm³/mol. The summed E-state index contributed by atoms with van der Waals surface area (Å²) in [6.07, 6.45) is -0.891. The molecule has 0 amide bonds. The standard InChI is InChI=1S/C22H20F3N3O/c23-22(24,25)16-4-1-3-14(10-16)9-15-11-17(13-27-12-15)28-8-7-18-19(21(26)29)5-2-6-20(18)28/h1-6,10-13,21,29H,7-9,26H2. The topological polar surface area (TPSA) is 62.4 Å². The van der Waals surface area contributed by atoms with E-state index in [1.54, 1.807) is 18.5 Å². The van der Waals surface area contributed by atoms with Crippen LogP contribution >= 0.6 is 0 Å². The van der Waals surface area contributed by atoms with Crippen LogP contribution in [-0.4, -0.2) is 16.6 Å². The SMILES string of the molecule is NC(O)c1cccc2c1CCN2c1cncc(Cc2cccc(C(F)(F)F)c2)c1. The largest absolute Gasteiger partial charge is 0.416 e. The summed E-state index contributed by atoms with van der Waals surface area (Å²) in [4.78, 5) is 6.38. The zero-order chi connectivity index (χ0) is 20.6. The Labute approximate surface area is 166 Å². The lowest BCUT2D eigenvalue weighted by Crippen LogP contribution is -2.14. The van der Waals surface area contributed by atoms with Gasteiger partial charge in [-0.2, -0.15) is 13.2 Å². The third-order valence-electron chi connectivity index (χ3n) is 5.14. The Hall–Kier alpha value is -2.90. The normalized spacial score (nSPS) is 14.7. The van der Waals surface area contributed by atoms with Crippen LogP contribution in [0.25, 0.3) is 0 Å². The smallest absolute Gasteiger partial charge is 0.375 e. The lowest BCUT2D eigenvalue weighted by molar-refractivity contribution is -0.137. The average Bonchev–Trinajstić information content (AvgIpc) is 3.12. The molecule has 7 heteroatoms. The number of aromatic nitrogens is 1. The summed E-state index contributed by atoms with van der Waals surface area (Å²) in [6, 6.07) is 12.9. The fraction of sp³-hybridized carbons (Fsp3) is 0.227. The third kappa shape index (κ3) is 3.97. The van der Waals surface area contributed by atoms with Crippen molar-refractivity contribution in [3.8, 4) is 0 Å². The molecule has 1 unspecified atom stereocenters. The molecule has 0 spiro atoms. The fourth-order valence-corrected chi connectivity index (χ4v) is 3.82. The molecule has 2 heterocycles. The Balaban J connectivity index is 1.61. The molecular weight excluding hydrogens is 379 g/mol. The molecule has 0 fully saturated rings. The lowest BCUT2D eigenvalue weighted by atomic mass is 10.0. The molecule has 29 heavy (non-hydrogen) atoms. The highest BCUT2D eigenvalue weighted by molar-refractivity contribution is 5.71. The molecule has 0 saturated carbocycles. The maximum absolute atomic E-state index is 13.0. The van der Waals surface area contributed by atoms with Crippen molar-refractivity contribution in [2.24, 2.45) is 5.73 Å². The number of benzene rings is 2. The number of fused-ring (bicyclic) bond motifs is 1. The van der Waals surface area contributed by atoms with Crippen LogP contribution in [0.3, 0.4) is 0 Å². The van der Waals surface area contributed by atoms with E-state index >= 15 is 0 Å².